The molecule has 2 atom stereocenters. The standard InChI is InChI=1S/C80H84BN3O/c1-73(2,3)47-22-28-63-59(40-47)79(14)32-18-19-33-80(79,15)84(63)50-42-65-71-66(43-50)83-62-29-26-55(69-51-21-17-16-20-46(51)38-52(62)69)78(12,13)48-23-30-67-53(39-48)70-68(85-67)31-27-60(72(70)83)81(71)61-44-57-58(77(10,11)37-36-76(57,8)9)45-64(61)82(65)49-24-25-54-56(41-49)75(6,7)35-34-74(54,4)5/h16-17,20-31,39-45H,18-19,32-38H2,1-15H3. The molecule has 18 rings (SSSR count). The van der Waals surface area contributed by atoms with Crippen molar-refractivity contribution in [1.29, 1.82) is 0 Å². The third kappa shape index (κ3) is 6.67. The Balaban J connectivity index is 1.06. The van der Waals surface area contributed by atoms with Crippen LogP contribution in [0, 0.1) is 0 Å². The molecule has 0 amide bonds. The number of hydrogen-bond acceptors (Lipinski definition) is 4. The fraction of sp³-hybridized carbons (Fsp3) is 0.400. The Morgan fingerprint density at radius 3 is 1.87 bits per heavy atom. The summed E-state index contributed by atoms with van der Waals surface area (Å²) in [6.45, 7) is 37.3. The molecule has 1 fully saturated rings. The molecular formula is C80H84BN3O. The van der Waals surface area contributed by atoms with E-state index in [9.17, 15) is 0 Å². The summed E-state index contributed by atoms with van der Waals surface area (Å²) in [6, 6.07) is 52.5. The highest BCUT2D eigenvalue weighted by Crippen LogP contribution is 2.64. The van der Waals surface area contributed by atoms with Crippen LogP contribution in [0.3, 0.4) is 0 Å². The predicted molar refractivity (Wildman–Crippen MR) is 360 cm³/mol. The third-order valence-corrected chi connectivity index (χ3v) is 24.5. The van der Waals surface area contributed by atoms with Crippen molar-refractivity contribution >= 4 is 90.5 Å². The third-order valence-electron chi connectivity index (χ3n) is 24.5. The van der Waals surface area contributed by atoms with Crippen molar-refractivity contribution in [2.45, 2.75) is 205 Å². The summed E-state index contributed by atoms with van der Waals surface area (Å²) in [6.07, 6.45) is 10.3. The fourth-order valence-electron chi connectivity index (χ4n) is 18.9. The minimum atomic E-state index is -0.301. The second kappa shape index (κ2) is 16.3. The van der Waals surface area contributed by atoms with Crippen molar-refractivity contribution in [1.82, 2.24) is 0 Å². The van der Waals surface area contributed by atoms with E-state index in [0.29, 0.717) is 0 Å². The van der Waals surface area contributed by atoms with E-state index in [1.165, 1.54) is 165 Å². The van der Waals surface area contributed by atoms with Gasteiger partial charge < -0.3 is 19.1 Å². The second-order valence-electron chi connectivity index (χ2n) is 32.5. The zero-order valence-corrected chi connectivity index (χ0v) is 53.3. The van der Waals surface area contributed by atoms with Crippen LogP contribution in [0.2, 0.25) is 0 Å². The number of rotatable bonds is 2. The molecule has 1 saturated carbocycles. The molecule has 1 aromatic heterocycles. The lowest BCUT2D eigenvalue weighted by atomic mass is 9.33. The zero-order chi connectivity index (χ0) is 58.8. The Kier molecular flexibility index (Phi) is 10.1. The lowest BCUT2D eigenvalue weighted by Gasteiger charge is -2.51. The molecule has 8 aromatic carbocycles. The van der Waals surface area contributed by atoms with Gasteiger partial charge in [-0.25, -0.2) is 0 Å². The van der Waals surface area contributed by atoms with Crippen LogP contribution < -0.4 is 31.1 Å². The molecule has 0 N–H and O–H groups in total. The van der Waals surface area contributed by atoms with Gasteiger partial charge in [0.2, 0.25) is 0 Å². The molecule has 4 bridgehead atoms. The highest BCUT2D eigenvalue weighted by atomic mass is 16.3. The van der Waals surface area contributed by atoms with Crippen molar-refractivity contribution in [3.8, 4) is 11.1 Å². The van der Waals surface area contributed by atoms with Crippen LogP contribution in [-0.4, -0.2) is 12.3 Å². The molecule has 4 nitrogen and oxygen atoms in total. The highest BCUT2D eigenvalue weighted by molar-refractivity contribution is 7.00. The Labute approximate surface area is 506 Å². The number of nitrogens with zero attached hydrogens (tertiary/aromatic N) is 3. The maximum absolute atomic E-state index is 7.16. The molecular weight excluding hydrogens is 1030 g/mol. The van der Waals surface area contributed by atoms with E-state index in [1.807, 2.05) is 0 Å². The van der Waals surface area contributed by atoms with Gasteiger partial charge in [0.05, 0.1) is 22.3 Å². The van der Waals surface area contributed by atoms with E-state index in [4.69, 9.17) is 4.42 Å². The maximum atomic E-state index is 7.16. The van der Waals surface area contributed by atoms with E-state index in [2.05, 4.69) is 246 Å². The molecule has 2 unspecified atom stereocenters. The quantitative estimate of drug-likeness (QED) is 0.161. The van der Waals surface area contributed by atoms with Crippen molar-refractivity contribution < 1.29 is 4.42 Å². The summed E-state index contributed by atoms with van der Waals surface area (Å²) in [4.78, 5) is 8.49. The minimum Gasteiger partial charge on any atom is -0.456 e. The van der Waals surface area contributed by atoms with Gasteiger partial charge in [0.1, 0.15) is 11.2 Å². The molecule has 6 heterocycles. The first-order valence-corrected chi connectivity index (χ1v) is 32.5. The monoisotopic (exact) mass is 1110 g/mol. The van der Waals surface area contributed by atoms with Crippen LogP contribution in [0.25, 0.3) is 33.1 Å². The average molecular weight is 1110 g/mol. The van der Waals surface area contributed by atoms with Crippen LogP contribution in [0.1, 0.15) is 211 Å². The first-order valence-electron chi connectivity index (χ1n) is 32.5. The lowest BCUT2D eigenvalue weighted by molar-refractivity contribution is 0.195. The number of hydrogen-bond donors (Lipinski definition) is 0. The Morgan fingerprint density at radius 1 is 0.482 bits per heavy atom. The average Bonchev–Trinajstić information content (AvgIpc) is 1.69. The summed E-state index contributed by atoms with van der Waals surface area (Å²) >= 11 is 0. The highest BCUT2D eigenvalue weighted by Gasteiger charge is 2.59. The molecule has 9 aliphatic rings. The van der Waals surface area contributed by atoms with E-state index in [0.717, 1.165) is 43.3 Å². The predicted octanol–water partition coefficient (Wildman–Crippen LogP) is 19.6. The van der Waals surface area contributed by atoms with Gasteiger partial charge in [-0.1, -0.05) is 177 Å². The summed E-state index contributed by atoms with van der Waals surface area (Å²) in [5.41, 5.74) is 33.2. The van der Waals surface area contributed by atoms with Crippen molar-refractivity contribution in [3.63, 3.8) is 0 Å². The first-order chi connectivity index (χ1) is 40.2. The van der Waals surface area contributed by atoms with Crippen molar-refractivity contribution in [2.75, 3.05) is 14.7 Å². The molecule has 5 aliphatic heterocycles. The van der Waals surface area contributed by atoms with Crippen LogP contribution >= 0.6 is 0 Å². The molecule has 85 heavy (non-hydrogen) atoms. The van der Waals surface area contributed by atoms with Gasteiger partial charge in [-0.2, -0.15) is 0 Å². The first kappa shape index (κ1) is 52.4. The number of benzene rings is 8. The summed E-state index contributed by atoms with van der Waals surface area (Å²) in [5, 5.41) is 2.41. The van der Waals surface area contributed by atoms with Gasteiger partial charge in [0.25, 0.3) is 6.71 Å². The van der Waals surface area contributed by atoms with Gasteiger partial charge in [0.15, 0.2) is 0 Å². The molecule has 0 spiro atoms. The maximum Gasteiger partial charge on any atom is 0.252 e. The summed E-state index contributed by atoms with van der Waals surface area (Å²) in [5.74, 6) is 0. The molecule has 4 aliphatic carbocycles. The van der Waals surface area contributed by atoms with Crippen LogP contribution in [0.5, 0.6) is 0 Å². The number of fused-ring (bicyclic) bond motifs is 10. The van der Waals surface area contributed by atoms with Gasteiger partial charge >= 0.3 is 0 Å². The van der Waals surface area contributed by atoms with E-state index >= 15 is 0 Å². The van der Waals surface area contributed by atoms with Gasteiger partial charge in [-0.3, -0.25) is 0 Å². The second-order valence-corrected chi connectivity index (χ2v) is 32.5. The van der Waals surface area contributed by atoms with E-state index < -0.39 is 0 Å². The molecule has 428 valence electrons. The SMILES string of the molecule is CC(C)(C)c1ccc2c(c1)C1(C)CCCCC1(C)N2c1cc2c3c(c1)N1c4ccc(c5c4Cc4ccccc4-5)C(C)(C)c4ccc5oc6ccc(c1c6c5c4)B3c1cc3c(cc1N2c1ccc2c(c1)C(C)(C)CCC2(C)C)C(C)(C)CCC3(C)C. The molecule has 0 radical (unpaired) electrons. The fourth-order valence-corrected chi connectivity index (χ4v) is 18.9. The van der Waals surface area contributed by atoms with Gasteiger partial charge in [0, 0.05) is 56.8 Å². The zero-order valence-electron chi connectivity index (χ0n) is 53.3. The normalized spacial score (nSPS) is 23.3. The molecule has 5 heteroatoms. The Hall–Kier alpha value is -6.98. The van der Waals surface area contributed by atoms with Gasteiger partial charge in [-0.05, 0) is 216 Å². The van der Waals surface area contributed by atoms with Crippen LogP contribution in [0.15, 0.2) is 132 Å². The number of furan rings is 1. The molecule has 0 saturated heterocycles. The number of anilines is 8. The largest absolute Gasteiger partial charge is 0.456 e. The summed E-state index contributed by atoms with van der Waals surface area (Å²) < 4.78 is 7.16. The lowest BCUT2D eigenvalue weighted by Crippen LogP contribution is -2.62. The van der Waals surface area contributed by atoms with Crippen LogP contribution in [-0.2, 0) is 44.3 Å². The Bertz CT molecular complexity index is 4500. The molecule has 9 aromatic rings. The minimum absolute atomic E-state index is 0.00119. The van der Waals surface area contributed by atoms with Crippen molar-refractivity contribution in [2.24, 2.45) is 0 Å². The smallest absolute Gasteiger partial charge is 0.252 e. The van der Waals surface area contributed by atoms with Crippen molar-refractivity contribution in [3.05, 3.63) is 183 Å². The Morgan fingerprint density at radius 2 is 1.13 bits per heavy atom. The topological polar surface area (TPSA) is 22.9 Å². The van der Waals surface area contributed by atoms with E-state index in [1.54, 1.807) is 0 Å². The summed E-state index contributed by atoms with van der Waals surface area (Å²) in [7, 11) is 0. The van der Waals surface area contributed by atoms with E-state index in [-0.39, 0.29) is 50.2 Å². The van der Waals surface area contributed by atoms with Crippen LogP contribution in [0.4, 0.5) is 45.5 Å². The van der Waals surface area contributed by atoms with Gasteiger partial charge in [-0.15, -0.1) is 0 Å².